The zero-order chi connectivity index (χ0) is 31.4. The van der Waals surface area contributed by atoms with Crippen LogP contribution in [0.15, 0.2) is 24.3 Å². The maximum Gasteiger partial charge on any atom is 0.220 e. The minimum Gasteiger partial charge on any atom is -0.370 e. The van der Waals surface area contributed by atoms with E-state index in [4.69, 9.17) is 11.5 Å². The van der Waals surface area contributed by atoms with E-state index in [9.17, 15) is 9.59 Å². The van der Waals surface area contributed by atoms with E-state index < -0.39 is 0 Å². The largest absolute Gasteiger partial charge is 0.370 e. The first-order valence-corrected chi connectivity index (χ1v) is 18.4. The standard InChI is InChI=1S/C20H39NO.C18H35NO/c1-3-5-6-7-8-9-10-11-12-13-14-15-16-17-18-19(4-2)20(21)22;1-2-3-4-5-6-7-8-9-10-11-12-13-14-15-16-17-18(19)20/h11-12,19H,3-10,13-18H2,1-2H3,(H2,21,22);9-10H,2-8,11-17H2,1H3,(H2,19,20). The first-order chi connectivity index (χ1) is 20.5. The van der Waals surface area contributed by atoms with E-state index in [-0.39, 0.29) is 17.7 Å². The Morgan fingerprint density at radius 2 is 0.810 bits per heavy atom. The van der Waals surface area contributed by atoms with Crippen molar-refractivity contribution in [3.8, 4) is 0 Å². The molecule has 0 aromatic heterocycles. The lowest BCUT2D eigenvalue weighted by Gasteiger charge is -2.09. The summed E-state index contributed by atoms with van der Waals surface area (Å²) in [6.45, 7) is 6.58. The number of amides is 2. The molecular weight excluding hydrogens is 516 g/mol. The van der Waals surface area contributed by atoms with E-state index >= 15 is 0 Å². The summed E-state index contributed by atoms with van der Waals surface area (Å²) in [6, 6.07) is 0. The molecule has 0 saturated heterocycles. The maximum absolute atomic E-state index is 11.1. The average molecular weight is 591 g/mol. The fourth-order valence-corrected chi connectivity index (χ4v) is 5.20. The van der Waals surface area contributed by atoms with Gasteiger partial charge in [-0.15, -0.1) is 0 Å². The maximum atomic E-state index is 11.1. The predicted molar refractivity (Wildman–Crippen MR) is 186 cm³/mol. The van der Waals surface area contributed by atoms with E-state index in [0.717, 1.165) is 32.1 Å². The van der Waals surface area contributed by atoms with E-state index in [1.165, 1.54) is 141 Å². The lowest BCUT2D eigenvalue weighted by molar-refractivity contribution is -0.122. The molecule has 0 spiro atoms. The topological polar surface area (TPSA) is 86.2 Å². The monoisotopic (exact) mass is 591 g/mol. The molecule has 42 heavy (non-hydrogen) atoms. The highest BCUT2D eigenvalue weighted by molar-refractivity contribution is 5.76. The van der Waals surface area contributed by atoms with Crippen LogP contribution < -0.4 is 11.5 Å². The summed E-state index contributed by atoms with van der Waals surface area (Å²) in [5, 5.41) is 0. The Bertz CT molecular complexity index is 614. The van der Waals surface area contributed by atoms with Gasteiger partial charge in [-0.3, -0.25) is 9.59 Å². The summed E-state index contributed by atoms with van der Waals surface area (Å²) < 4.78 is 0. The summed E-state index contributed by atoms with van der Waals surface area (Å²) in [4.78, 5) is 21.7. The molecule has 0 aliphatic heterocycles. The van der Waals surface area contributed by atoms with Crippen LogP contribution in [0.5, 0.6) is 0 Å². The molecule has 1 unspecified atom stereocenters. The molecule has 0 aliphatic rings. The predicted octanol–water partition coefficient (Wildman–Crippen LogP) is 11.7. The molecule has 248 valence electrons. The summed E-state index contributed by atoms with van der Waals surface area (Å²) in [5.74, 6) is -0.194. The number of hydrogen-bond acceptors (Lipinski definition) is 2. The molecule has 4 heteroatoms. The summed E-state index contributed by atoms with van der Waals surface area (Å²) in [5.41, 5.74) is 10.5. The van der Waals surface area contributed by atoms with Gasteiger partial charge in [0.05, 0.1) is 0 Å². The van der Waals surface area contributed by atoms with Gasteiger partial charge < -0.3 is 11.5 Å². The Morgan fingerprint density at radius 1 is 0.476 bits per heavy atom. The number of rotatable bonds is 31. The van der Waals surface area contributed by atoms with Crippen LogP contribution in [-0.4, -0.2) is 11.8 Å². The SMILES string of the molecule is CCCCCCCCC=CCCCCCCC(CC)C(N)=O.CCCCCCCCC=CCCCCCCCC(N)=O. The number of allylic oxidation sites excluding steroid dienone is 4. The quantitative estimate of drug-likeness (QED) is 0.0621. The number of nitrogens with two attached hydrogens (primary N) is 2. The highest BCUT2D eigenvalue weighted by Gasteiger charge is 2.11. The Hall–Kier alpha value is -1.58. The van der Waals surface area contributed by atoms with Crippen LogP contribution in [0, 0.1) is 5.92 Å². The van der Waals surface area contributed by atoms with Gasteiger partial charge in [-0.25, -0.2) is 0 Å². The van der Waals surface area contributed by atoms with Crippen LogP contribution in [0.4, 0.5) is 0 Å². The van der Waals surface area contributed by atoms with Crippen molar-refractivity contribution in [2.75, 3.05) is 0 Å². The first kappa shape index (κ1) is 42.6. The van der Waals surface area contributed by atoms with Crippen molar-refractivity contribution in [2.24, 2.45) is 17.4 Å². The molecule has 0 saturated carbocycles. The lowest BCUT2D eigenvalue weighted by Crippen LogP contribution is -2.22. The van der Waals surface area contributed by atoms with Gasteiger partial charge in [0.15, 0.2) is 0 Å². The minimum atomic E-state index is -0.164. The lowest BCUT2D eigenvalue weighted by atomic mass is 9.97. The number of carbonyl (C=O) groups excluding carboxylic acids is 2. The smallest absolute Gasteiger partial charge is 0.220 e. The normalized spacial score (nSPS) is 12.1. The number of unbranched alkanes of at least 4 members (excludes halogenated alkanes) is 21. The van der Waals surface area contributed by atoms with Crippen LogP contribution in [0.3, 0.4) is 0 Å². The first-order valence-electron chi connectivity index (χ1n) is 18.4. The molecule has 0 bridgehead atoms. The molecule has 0 rings (SSSR count). The second kappa shape index (κ2) is 37.4. The molecule has 1 atom stereocenters. The number of hydrogen-bond donors (Lipinski definition) is 2. The number of primary amides is 2. The molecule has 0 heterocycles. The van der Waals surface area contributed by atoms with Crippen molar-refractivity contribution in [3.63, 3.8) is 0 Å². The molecule has 4 N–H and O–H groups in total. The molecule has 0 fully saturated rings. The van der Waals surface area contributed by atoms with Crippen molar-refractivity contribution in [1.29, 1.82) is 0 Å². The second-order valence-electron chi connectivity index (χ2n) is 12.3. The Balaban J connectivity index is 0. The average Bonchev–Trinajstić information content (AvgIpc) is 2.97. The van der Waals surface area contributed by atoms with Gasteiger partial charge >= 0.3 is 0 Å². The summed E-state index contributed by atoms with van der Waals surface area (Å²) >= 11 is 0. The third kappa shape index (κ3) is 38.4. The fraction of sp³-hybridized carbons (Fsp3) is 0.842. The molecule has 0 radical (unpaired) electrons. The zero-order valence-corrected chi connectivity index (χ0v) is 28.7. The summed E-state index contributed by atoms with van der Waals surface area (Å²) in [6.07, 6.45) is 44.2. The Labute approximate surface area is 263 Å². The second-order valence-corrected chi connectivity index (χ2v) is 12.3. The minimum absolute atomic E-state index is 0.0947. The van der Waals surface area contributed by atoms with Crippen LogP contribution in [-0.2, 0) is 9.59 Å². The van der Waals surface area contributed by atoms with Gasteiger partial charge in [0.25, 0.3) is 0 Å². The van der Waals surface area contributed by atoms with Crippen molar-refractivity contribution in [3.05, 3.63) is 24.3 Å². The summed E-state index contributed by atoms with van der Waals surface area (Å²) in [7, 11) is 0. The van der Waals surface area contributed by atoms with Gasteiger partial charge in [0, 0.05) is 12.3 Å². The molecule has 0 aromatic rings. The van der Waals surface area contributed by atoms with Crippen molar-refractivity contribution < 1.29 is 9.59 Å². The van der Waals surface area contributed by atoms with Crippen LogP contribution in [0.2, 0.25) is 0 Å². The molecule has 2 amide bonds. The zero-order valence-electron chi connectivity index (χ0n) is 28.7. The molecular formula is C38H74N2O2. The van der Waals surface area contributed by atoms with Crippen molar-refractivity contribution in [2.45, 2.75) is 201 Å². The van der Waals surface area contributed by atoms with Gasteiger partial charge in [-0.1, -0.05) is 148 Å². The van der Waals surface area contributed by atoms with Crippen molar-refractivity contribution >= 4 is 11.8 Å². The highest BCUT2D eigenvalue weighted by atomic mass is 16.1. The van der Waals surface area contributed by atoms with Crippen molar-refractivity contribution in [1.82, 2.24) is 0 Å². The van der Waals surface area contributed by atoms with Crippen LogP contribution >= 0.6 is 0 Å². The van der Waals surface area contributed by atoms with Gasteiger partial charge in [-0.2, -0.15) is 0 Å². The Kier molecular flexibility index (Phi) is 37.9. The third-order valence-corrected chi connectivity index (χ3v) is 8.14. The van der Waals surface area contributed by atoms with Crippen LogP contribution in [0.1, 0.15) is 201 Å². The van der Waals surface area contributed by atoms with Gasteiger partial charge in [-0.05, 0) is 70.6 Å². The van der Waals surface area contributed by atoms with E-state index in [1.54, 1.807) is 0 Å². The third-order valence-electron chi connectivity index (χ3n) is 8.14. The van der Waals surface area contributed by atoms with E-state index in [2.05, 4.69) is 38.2 Å². The van der Waals surface area contributed by atoms with E-state index in [0.29, 0.717) is 6.42 Å². The number of carbonyl (C=O) groups is 2. The molecule has 0 aromatic carbocycles. The highest BCUT2D eigenvalue weighted by Crippen LogP contribution is 2.15. The van der Waals surface area contributed by atoms with Crippen LogP contribution in [0.25, 0.3) is 0 Å². The van der Waals surface area contributed by atoms with Gasteiger partial charge in [0.1, 0.15) is 0 Å². The Morgan fingerprint density at radius 3 is 1.14 bits per heavy atom. The molecule has 4 nitrogen and oxygen atoms in total. The fourth-order valence-electron chi connectivity index (χ4n) is 5.20. The molecule has 0 aliphatic carbocycles. The van der Waals surface area contributed by atoms with E-state index in [1.807, 2.05) is 6.92 Å². The van der Waals surface area contributed by atoms with Gasteiger partial charge in [0.2, 0.25) is 11.8 Å².